The van der Waals surface area contributed by atoms with Crippen LogP contribution in [0.4, 0.5) is 4.79 Å². The largest absolute Gasteiger partial charge is 0.445 e. The van der Waals surface area contributed by atoms with Gasteiger partial charge in [0.2, 0.25) is 5.91 Å². The first-order chi connectivity index (χ1) is 9.66. The number of alkyl carbamates (subject to hydrolysis) is 1. The van der Waals surface area contributed by atoms with Crippen LogP contribution in [0.5, 0.6) is 0 Å². The van der Waals surface area contributed by atoms with Crippen molar-refractivity contribution in [3.05, 3.63) is 35.9 Å². The highest BCUT2D eigenvalue weighted by atomic mass is 16.5. The van der Waals surface area contributed by atoms with Crippen molar-refractivity contribution in [3.63, 3.8) is 0 Å². The van der Waals surface area contributed by atoms with Crippen molar-refractivity contribution in [2.75, 3.05) is 13.1 Å². The molecule has 1 aliphatic rings. The molecule has 0 unspecified atom stereocenters. The summed E-state index contributed by atoms with van der Waals surface area (Å²) in [5.41, 5.74) is 0.918. The molecule has 1 aromatic rings. The van der Waals surface area contributed by atoms with Crippen LogP contribution in [0, 0.1) is 0 Å². The van der Waals surface area contributed by atoms with Gasteiger partial charge in [0, 0.05) is 13.1 Å². The molecule has 0 bridgehead atoms. The summed E-state index contributed by atoms with van der Waals surface area (Å²) in [6, 6.07) is 8.89. The third kappa shape index (κ3) is 3.98. The van der Waals surface area contributed by atoms with Crippen molar-refractivity contribution in [1.29, 1.82) is 0 Å². The standard InChI is InChI=1S/C15H20N2O3/c1-12(14(18)17-9-5-6-10-17)16-15(19)20-11-13-7-3-2-4-8-13/h2-4,7-8,12H,5-6,9-11H2,1H3,(H,16,19)/t12-/m1/s1. The maximum atomic E-state index is 12.0. The highest BCUT2D eigenvalue weighted by molar-refractivity contribution is 5.85. The average Bonchev–Trinajstić information content (AvgIpc) is 2.99. The van der Waals surface area contributed by atoms with E-state index in [1.54, 1.807) is 11.8 Å². The minimum Gasteiger partial charge on any atom is -0.445 e. The maximum absolute atomic E-state index is 12.0. The fourth-order valence-corrected chi connectivity index (χ4v) is 2.21. The Kier molecular flexibility index (Phi) is 4.98. The molecule has 1 N–H and O–H groups in total. The fraction of sp³-hybridized carbons (Fsp3) is 0.467. The van der Waals surface area contributed by atoms with E-state index < -0.39 is 12.1 Å². The van der Waals surface area contributed by atoms with Crippen LogP contribution in [0.3, 0.4) is 0 Å². The van der Waals surface area contributed by atoms with Crippen molar-refractivity contribution in [3.8, 4) is 0 Å². The molecule has 20 heavy (non-hydrogen) atoms. The minimum atomic E-state index is -0.561. The summed E-state index contributed by atoms with van der Waals surface area (Å²) in [6.07, 6.45) is 1.52. The first kappa shape index (κ1) is 14.4. The summed E-state index contributed by atoms with van der Waals surface area (Å²) >= 11 is 0. The highest BCUT2D eigenvalue weighted by Crippen LogP contribution is 2.09. The van der Waals surface area contributed by atoms with Gasteiger partial charge in [0.05, 0.1) is 0 Å². The van der Waals surface area contributed by atoms with Crippen LogP contribution in [0.1, 0.15) is 25.3 Å². The van der Waals surface area contributed by atoms with E-state index in [1.807, 2.05) is 30.3 Å². The van der Waals surface area contributed by atoms with Crippen molar-refractivity contribution >= 4 is 12.0 Å². The van der Waals surface area contributed by atoms with Gasteiger partial charge in [0.25, 0.3) is 0 Å². The summed E-state index contributed by atoms with van der Waals surface area (Å²) in [7, 11) is 0. The normalized spacial score (nSPS) is 15.8. The summed E-state index contributed by atoms with van der Waals surface area (Å²) in [5.74, 6) is -0.0424. The molecule has 1 saturated heterocycles. The molecule has 108 valence electrons. The van der Waals surface area contributed by atoms with Crippen LogP contribution in [0.15, 0.2) is 30.3 Å². The van der Waals surface area contributed by atoms with Gasteiger partial charge in [-0.1, -0.05) is 30.3 Å². The molecule has 1 aromatic carbocycles. The number of nitrogens with zero attached hydrogens (tertiary/aromatic N) is 1. The van der Waals surface area contributed by atoms with Crippen molar-refractivity contribution < 1.29 is 14.3 Å². The van der Waals surface area contributed by atoms with Crippen LogP contribution in [-0.4, -0.2) is 36.0 Å². The molecular weight excluding hydrogens is 256 g/mol. The highest BCUT2D eigenvalue weighted by Gasteiger charge is 2.24. The van der Waals surface area contributed by atoms with Crippen LogP contribution in [-0.2, 0) is 16.1 Å². The molecule has 2 amide bonds. The Morgan fingerprint density at radius 2 is 1.90 bits per heavy atom. The van der Waals surface area contributed by atoms with Gasteiger partial charge < -0.3 is 15.0 Å². The predicted octanol–water partition coefficient (Wildman–Crippen LogP) is 1.92. The Morgan fingerprint density at radius 3 is 2.55 bits per heavy atom. The number of likely N-dealkylation sites (tertiary alicyclic amines) is 1. The summed E-state index contributed by atoms with van der Waals surface area (Å²) in [5, 5.41) is 2.57. The van der Waals surface area contributed by atoms with Gasteiger partial charge in [0.15, 0.2) is 0 Å². The zero-order chi connectivity index (χ0) is 14.4. The minimum absolute atomic E-state index is 0.0424. The fourth-order valence-electron chi connectivity index (χ4n) is 2.21. The van der Waals surface area contributed by atoms with Gasteiger partial charge in [0.1, 0.15) is 12.6 Å². The first-order valence-corrected chi connectivity index (χ1v) is 6.93. The number of hydrogen-bond donors (Lipinski definition) is 1. The van der Waals surface area contributed by atoms with E-state index in [9.17, 15) is 9.59 Å². The Labute approximate surface area is 118 Å². The Bertz CT molecular complexity index is 455. The van der Waals surface area contributed by atoms with E-state index in [1.165, 1.54) is 0 Å². The monoisotopic (exact) mass is 276 g/mol. The molecule has 0 aromatic heterocycles. The zero-order valence-corrected chi connectivity index (χ0v) is 11.7. The van der Waals surface area contributed by atoms with Crippen LogP contribution in [0.2, 0.25) is 0 Å². The molecule has 1 heterocycles. The molecular formula is C15H20N2O3. The molecule has 5 heteroatoms. The number of benzene rings is 1. The molecule has 0 spiro atoms. The molecule has 1 aliphatic heterocycles. The van der Waals surface area contributed by atoms with E-state index in [0.717, 1.165) is 31.5 Å². The lowest BCUT2D eigenvalue weighted by atomic mass is 10.2. The molecule has 0 saturated carbocycles. The average molecular weight is 276 g/mol. The predicted molar refractivity (Wildman–Crippen MR) is 75.0 cm³/mol. The summed E-state index contributed by atoms with van der Waals surface area (Å²) in [4.78, 5) is 25.4. The molecule has 1 atom stereocenters. The lowest BCUT2D eigenvalue weighted by molar-refractivity contribution is -0.131. The molecule has 5 nitrogen and oxygen atoms in total. The molecule has 0 radical (unpaired) electrons. The quantitative estimate of drug-likeness (QED) is 0.914. The zero-order valence-electron chi connectivity index (χ0n) is 11.7. The summed E-state index contributed by atoms with van der Waals surface area (Å²) < 4.78 is 5.09. The van der Waals surface area contributed by atoms with E-state index in [2.05, 4.69) is 5.32 Å². The van der Waals surface area contributed by atoms with E-state index in [-0.39, 0.29) is 12.5 Å². The Morgan fingerprint density at radius 1 is 1.25 bits per heavy atom. The van der Waals surface area contributed by atoms with Gasteiger partial charge in [-0.25, -0.2) is 4.79 Å². The number of rotatable bonds is 4. The van der Waals surface area contributed by atoms with Crippen molar-refractivity contribution in [1.82, 2.24) is 10.2 Å². The number of amides is 2. The number of nitrogens with one attached hydrogen (secondary N) is 1. The summed E-state index contributed by atoms with van der Waals surface area (Å²) in [6.45, 7) is 3.45. The second kappa shape index (κ2) is 6.93. The topological polar surface area (TPSA) is 58.6 Å². The maximum Gasteiger partial charge on any atom is 0.408 e. The Hall–Kier alpha value is -2.04. The van der Waals surface area contributed by atoms with Crippen LogP contribution in [0.25, 0.3) is 0 Å². The van der Waals surface area contributed by atoms with Crippen LogP contribution < -0.4 is 5.32 Å². The van der Waals surface area contributed by atoms with Gasteiger partial charge in [-0.2, -0.15) is 0 Å². The number of carbonyl (C=O) groups excluding carboxylic acids is 2. The van der Waals surface area contributed by atoms with Gasteiger partial charge in [-0.3, -0.25) is 4.79 Å². The van der Waals surface area contributed by atoms with Crippen molar-refractivity contribution in [2.45, 2.75) is 32.4 Å². The smallest absolute Gasteiger partial charge is 0.408 e. The van der Waals surface area contributed by atoms with Crippen LogP contribution >= 0.6 is 0 Å². The third-order valence-electron chi connectivity index (χ3n) is 3.34. The first-order valence-electron chi connectivity index (χ1n) is 6.93. The lowest BCUT2D eigenvalue weighted by Crippen LogP contribution is -2.46. The van der Waals surface area contributed by atoms with E-state index in [4.69, 9.17) is 4.74 Å². The van der Waals surface area contributed by atoms with Gasteiger partial charge >= 0.3 is 6.09 Å². The van der Waals surface area contributed by atoms with Crippen molar-refractivity contribution in [2.24, 2.45) is 0 Å². The van der Waals surface area contributed by atoms with E-state index in [0.29, 0.717) is 0 Å². The van der Waals surface area contributed by atoms with E-state index >= 15 is 0 Å². The number of ether oxygens (including phenoxy) is 1. The number of carbonyl (C=O) groups is 2. The lowest BCUT2D eigenvalue weighted by Gasteiger charge is -2.20. The SMILES string of the molecule is C[C@@H](NC(=O)OCc1ccccc1)C(=O)N1CCCC1. The van der Waals surface area contributed by atoms with Gasteiger partial charge in [-0.15, -0.1) is 0 Å². The Balaban J connectivity index is 1.74. The van der Waals surface area contributed by atoms with Gasteiger partial charge in [-0.05, 0) is 25.3 Å². The second-order valence-corrected chi connectivity index (χ2v) is 4.96. The molecule has 1 fully saturated rings. The molecule has 0 aliphatic carbocycles. The third-order valence-corrected chi connectivity index (χ3v) is 3.34. The second-order valence-electron chi connectivity index (χ2n) is 4.96. The number of hydrogen-bond acceptors (Lipinski definition) is 3. The molecule has 2 rings (SSSR count).